The van der Waals surface area contributed by atoms with Crippen molar-refractivity contribution in [3.63, 3.8) is 0 Å². The lowest BCUT2D eigenvalue weighted by Gasteiger charge is -2.14. The second-order valence-electron chi connectivity index (χ2n) is 6.42. The molecule has 0 bridgehead atoms. The normalized spacial score (nSPS) is 12.6. The highest BCUT2D eigenvalue weighted by atomic mass is 19.4. The van der Waals surface area contributed by atoms with Gasteiger partial charge in [0.1, 0.15) is 0 Å². The number of rotatable bonds is 3. The number of fused-ring (bicyclic) bond motifs is 2. The van der Waals surface area contributed by atoms with Crippen LogP contribution >= 0.6 is 0 Å². The van der Waals surface area contributed by atoms with Crippen LogP contribution in [0.1, 0.15) is 35.9 Å². The molecule has 4 rings (SSSR count). The molecule has 0 unspecified atom stereocenters. The Bertz CT molecular complexity index is 1190. The summed E-state index contributed by atoms with van der Waals surface area (Å²) in [6.07, 6.45) is -5.93. The molecule has 0 radical (unpaired) electrons. The Hall–Kier alpha value is -3.04. The minimum absolute atomic E-state index is 0.0841. The molecule has 5 nitrogen and oxygen atoms in total. The fourth-order valence-electron chi connectivity index (χ4n) is 3.33. The highest BCUT2D eigenvalue weighted by molar-refractivity contribution is 5.87. The fourth-order valence-corrected chi connectivity index (χ4v) is 3.33. The van der Waals surface area contributed by atoms with Crippen molar-refractivity contribution < 1.29 is 22.0 Å². The van der Waals surface area contributed by atoms with Gasteiger partial charge in [0.05, 0.1) is 17.4 Å². The number of benzene rings is 1. The predicted octanol–water partition coefficient (Wildman–Crippen LogP) is 5.10. The summed E-state index contributed by atoms with van der Waals surface area (Å²) < 4.78 is 68.1. The van der Waals surface area contributed by atoms with Crippen molar-refractivity contribution in [2.75, 3.05) is 0 Å². The summed E-state index contributed by atoms with van der Waals surface area (Å²) in [7, 11) is 0. The Balaban J connectivity index is 2.12. The van der Waals surface area contributed by atoms with Gasteiger partial charge in [0.2, 0.25) is 0 Å². The first kappa shape index (κ1) is 18.3. The molecule has 3 aromatic heterocycles. The number of H-pyrrole nitrogens is 1. The van der Waals surface area contributed by atoms with Crippen LogP contribution in [0.3, 0.4) is 0 Å². The lowest BCUT2D eigenvalue weighted by Crippen LogP contribution is -2.08. The smallest absolute Gasteiger partial charge is 0.278 e. The van der Waals surface area contributed by atoms with Crippen molar-refractivity contribution in [3.8, 4) is 11.3 Å². The van der Waals surface area contributed by atoms with Crippen molar-refractivity contribution in [1.29, 1.82) is 0 Å². The molecular formula is C18H14F5N5. The molecule has 0 fully saturated rings. The zero-order valence-electron chi connectivity index (χ0n) is 14.8. The molecule has 146 valence electrons. The molecule has 0 saturated heterocycles. The number of hydrogen-bond acceptors (Lipinski definition) is 3. The maximum absolute atomic E-state index is 13.9. The van der Waals surface area contributed by atoms with Crippen LogP contribution in [-0.2, 0) is 12.6 Å². The third-order valence-electron chi connectivity index (χ3n) is 4.60. The molecule has 0 spiro atoms. The third kappa shape index (κ3) is 2.79. The number of aromatic amines is 1. The Morgan fingerprint density at radius 2 is 1.93 bits per heavy atom. The summed E-state index contributed by atoms with van der Waals surface area (Å²) in [5.74, 6) is -1.36. The summed E-state index contributed by atoms with van der Waals surface area (Å²) in [6.45, 7) is 3.42. The first-order chi connectivity index (χ1) is 13.2. The summed E-state index contributed by atoms with van der Waals surface area (Å²) in [4.78, 5) is 3.58. The van der Waals surface area contributed by atoms with Gasteiger partial charge in [-0.2, -0.15) is 18.3 Å². The number of aryl methyl sites for hydroxylation is 2. The van der Waals surface area contributed by atoms with Gasteiger partial charge in [-0.15, -0.1) is 5.10 Å². The maximum atomic E-state index is 13.9. The summed E-state index contributed by atoms with van der Waals surface area (Å²) >= 11 is 0. The van der Waals surface area contributed by atoms with Crippen molar-refractivity contribution >= 4 is 16.6 Å². The molecule has 0 aliphatic rings. The standard InChI is InChI=1S/C18H14F5N5/c1-3-9-6-12(15(19)20)14(28-16(9)25-17(27-28)18(21,22)23)10-4-8(2)13-11(5-10)7-24-26-13/h4-7,15H,3H2,1-2H3,(H,24,26). The topological polar surface area (TPSA) is 58.9 Å². The second-order valence-corrected chi connectivity index (χ2v) is 6.42. The molecule has 28 heavy (non-hydrogen) atoms. The molecule has 0 saturated carbocycles. The van der Waals surface area contributed by atoms with E-state index in [4.69, 9.17) is 0 Å². The van der Waals surface area contributed by atoms with E-state index in [0.717, 1.165) is 10.0 Å². The van der Waals surface area contributed by atoms with Crippen LogP contribution < -0.4 is 0 Å². The number of aromatic nitrogens is 5. The highest BCUT2D eigenvalue weighted by Gasteiger charge is 2.37. The van der Waals surface area contributed by atoms with Gasteiger partial charge in [0.15, 0.2) is 5.65 Å². The van der Waals surface area contributed by atoms with E-state index in [1.807, 2.05) is 0 Å². The lowest BCUT2D eigenvalue weighted by atomic mass is 9.99. The fraction of sp³-hybridized carbons (Fsp3) is 0.278. The maximum Gasteiger partial charge on any atom is 0.453 e. The largest absolute Gasteiger partial charge is 0.453 e. The summed E-state index contributed by atoms with van der Waals surface area (Å²) in [5, 5.41) is 10.9. The van der Waals surface area contributed by atoms with E-state index in [9.17, 15) is 22.0 Å². The Labute approximate surface area is 155 Å². The number of alkyl halides is 5. The molecule has 1 aromatic carbocycles. The van der Waals surface area contributed by atoms with Gasteiger partial charge in [-0.25, -0.2) is 18.3 Å². The van der Waals surface area contributed by atoms with Gasteiger partial charge in [0, 0.05) is 16.5 Å². The number of nitrogens with zero attached hydrogens (tertiary/aromatic N) is 4. The average molecular weight is 395 g/mol. The number of hydrogen-bond donors (Lipinski definition) is 1. The highest BCUT2D eigenvalue weighted by Crippen LogP contribution is 2.37. The SMILES string of the molecule is CCc1cc(C(F)F)c(-c2cc(C)c3[nH]ncc3c2)n2nc(C(F)(F)F)nc12. The zero-order chi connectivity index (χ0) is 20.2. The number of pyridine rings is 1. The minimum atomic E-state index is -4.79. The first-order valence-electron chi connectivity index (χ1n) is 8.42. The number of nitrogens with one attached hydrogen (secondary N) is 1. The van der Waals surface area contributed by atoms with Gasteiger partial charge in [-0.05, 0) is 42.7 Å². The third-order valence-corrected chi connectivity index (χ3v) is 4.60. The van der Waals surface area contributed by atoms with Crippen LogP contribution in [0.4, 0.5) is 22.0 Å². The van der Waals surface area contributed by atoms with Crippen LogP contribution in [0.25, 0.3) is 27.8 Å². The van der Waals surface area contributed by atoms with E-state index in [-0.39, 0.29) is 23.3 Å². The van der Waals surface area contributed by atoms with E-state index in [1.54, 1.807) is 26.0 Å². The van der Waals surface area contributed by atoms with Crippen LogP contribution in [0.5, 0.6) is 0 Å². The first-order valence-corrected chi connectivity index (χ1v) is 8.42. The predicted molar refractivity (Wildman–Crippen MR) is 92.1 cm³/mol. The van der Waals surface area contributed by atoms with Crippen molar-refractivity contribution in [3.05, 3.63) is 46.9 Å². The molecule has 3 heterocycles. The van der Waals surface area contributed by atoms with Crippen LogP contribution in [0.2, 0.25) is 0 Å². The minimum Gasteiger partial charge on any atom is -0.278 e. The summed E-state index contributed by atoms with van der Waals surface area (Å²) in [6, 6.07) is 4.41. The number of halogens is 5. The lowest BCUT2D eigenvalue weighted by molar-refractivity contribution is -0.144. The second kappa shape index (κ2) is 6.25. The molecule has 0 aliphatic carbocycles. The van der Waals surface area contributed by atoms with Gasteiger partial charge >= 0.3 is 6.18 Å². The van der Waals surface area contributed by atoms with Crippen LogP contribution in [0.15, 0.2) is 24.4 Å². The molecule has 10 heteroatoms. The van der Waals surface area contributed by atoms with E-state index in [1.165, 1.54) is 12.3 Å². The molecule has 0 aliphatic heterocycles. The van der Waals surface area contributed by atoms with Crippen molar-refractivity contribution in [1.82, 2.24) is 24.8 Å². The molecule has 4 aromatic rings. The van der Waals surface area contributed by atoms with Crippen LogP contribution in [0, 0.1) is 6.92 Å². The molecule has 0 atom stereocenters. The van der Waals surface area contributed by atoms with Crippen LogP contribution in [-0.4, -0.2) is 24.8 Å². The average Bonchev–Trinajstić information content (AvgIpc) is 3.26. The Morgan fingerprint density at radius 1 is 1.18 bits per heavy atom. The van der Waals surface area contributed by atoms with E-state index in [0.29, 0.717) is 16.5 Å². The van der Waals surface area contributed by atoms with Crippen molar-refractivity contribution in [2.45, 2.75) is 32.9 Å². The Morgan fingerprint density at radius 3 is 2.57 bits per heavy atom. The monoisotopic (exact) mass is 395 g/mol. The molecule has 0 amide bonds. The van der Waals surface area contributed by atoms with Gasteiger partial charge < -0.3 is 0 Å². The zero-order valence-corrected chi connectivity index (χ0v) is 14.8. The quantitative estimate of drug-likeness (QED) is 0.491. The van der Waals surface area contributed by atoms with Gasteiger partial charge in [0.25, 0.3) is 12.2 Å². The molecular weight excluding hydrogens is 381 g/mol. The van der Waals surface area contributed by atoms with E-state index >= 15 is 0 Å². The Kier molecular flexibility index (Phi) is 4.09. The van der Waals surface area contributed by atoms with Gasteiger partial charge in [-0.3, -0.25) is 5.10 Å². The van der Waals surface area contributed by atoms with Crippen molar-refractivity contribution in [2.24, 2.45) is 0 Å². The van der Waals surface area contributed by atoms with Gasteiger partial charge in [-0.1, -0.05) is 6.92 Å². The van der Waals surface area contributed by atoms with E-state index < -0.39 is 24.0 Å². The summed E-state index contributed by atoms with van der Waals surface area (Å²) in [5.41, 5.74) is 1.42. The molecule has 1 N–H and O–H groups in total. The van der Waals surface area contributed by atoms with E-state index in [2.05, 4.69) is 20.3 Å².